The summed E-state index contributed by atoms with van der Waals surface area (Å²) in [6, 6.07) is 6.56. The quantitative estimate of drug-likeness (QED) is 0.724. The highest BCUT2D eigenvalue weighted by Crippen LogP contribution is 2.33. The lowest BCUT2D eigenvalue weighted by Crippen LogP contribution is -2.45. The van der Waals surface area contributed by atoms with Crippen LogP contribution < -0.4 is 0 Å². The van der Waals surface area contributed by atoms with Crippen LogP contribution in [0.4, 0.5) is 0 Å². The molecule has 1 saturated heterocycles. The van der Waals surface area contributed by atoms with Crippen LogP contribution in [-0.2, 0) is 12.8 Å². The zero-order chi connectivity index (χ0) is 9.54. The van der Waals surface area contributed by atoms with Gasteiger partial charge < -0.3 is 5.11 Å². The normalized spacial score (nSPS) is 25.9. The number of fused-ring (bicyclic) bond motifs is 1. The molecule has 0 radical (unpaired) electrons. The highest BCUT2D eigenvalue weighted by atomic mass is 16.3. The number of phenolic OH excluding ortho intramolecular Hbond substituents is 1. The third kappa shape index (κ3) is 1.14. The molecule has 3 rings (SSSR count). The maximum absolute atomic E-state index is 9.70. The van der Waals surface area contributed by atoms with Crippen molar-refractivity contribution in [2.24, 2.45) is 0 Å². The summed E-state index contributed by atoms with van der Waals surface area (Å²) in [5.41, 5.74) is 2.53. The molecule has 1 unspecified atom stereocenters. The summed E-state index contributed by atoms with van der Waals surface area (Å²) < 4.78 is 0. The molecule has 1 N–H and O–H groups in total. The summed E-state index contributed by atoms with van der Waals surface area (Å²) in [7, 11) is 0. The fraction of sp³-hybridized carbons (Fsp3) is 0.500. The van der Waals surface area contributed by atoms with E-state index in [-0.39, 0.29) is 0 Å². The molecular weight excluding hydrogens is 174 g/mol. The van der Waals surface area contributed by atoms with Crippen LogP contribution in [0, 0.1) is 0 Å². The van der Waals surface area contributed by atoms with Crippen molar-refractivity contribution in [1.82, 2.24) is 4.90 Å². The lowest BCUT2D eigenvalue weighted by Gasteiger charge is -2.36. The van der Waals surface area contributed by atoms with Crippen molar-refractivity contribution >= 4 is 0 Å². The minimum Gasteiger partial charge on any atom is -0.508 e. The second-order valence-corrected chi connectivity index (χ2v) is 4.37. The van der Waals surface area contributed by atoms with Crippen LogP contribution in [0.1, 0.15) is 17.5 Å². The first-order valence-corrected chi connectivity index (χ1v) is 5.38. The van der Waals surface area contributed by atoms with E-state index in [1.807, 2.05) is 6.07 Å². The third-order valence-electron chi connectivity index (χ3n) is 3.55. The minimum absolute atomic E-state index is 0.491. The molecule has 0 bridgehead atoms. The fourth-order valence-electron chi connectivity index (χ4n) is 2.57. The number of phenols is 1. The molecule has 2 heteroatoms. The van der Waals surface area contributed by atoms with E-state index in [0.717, 1.165) is 12.8 Å². The van der Waals surface area contributed by atoms with E-state index in [4.69, 9.17) is 0 Å². The Hall–Kier alpha value is -1.02. The largest absolute Gasteiger partial charge is 0.508 e. The Morgan fingerprint density at radius 2 is 2.07 bits per heavy atom. The van der Waals surface area contributed by atoms with Crippen molar-refractivity contribution in [3.8, 4) is 5.75 Å². The Kier molecular flexibility index (Phi) is 1.77. The number of hydrogen-bond acceptors (Lipinski definition) is 2. The lowest BCUT2D eigenvalue weighted by atomic mass is 10.1. The van der Waals surface area contributed by atoms with Crippen molar-refractivity contribution in [1.29, 1.82) is 0 Å². The van der Waals surface area contributed by atoms with E-state index in [1.54, 1.807) is 6.07 Å². The summed E-state index contributed by atoms with van der Waals surface area (Å²) in [5, 5.41) is 9.70. The van der Waals surface area contributed by atoms with Gasteiger partial charge in [-0.2, -0.15) is 0 Å². The van der Waals surface area contributed by atoms with E-state index in [9.17, 15) is 5.11 Å². The molecule has 1 fully saturated rings. The summed E-state index contributed by atoms with van der Waals surface area (Å²) in [5.74, 6) is 0.491. The molecule has 2 nitrogen and oxygen atoms in total. The fourth-order valence-corrected chi connectivity index (χ4v) is 2.57. The van der Waals surface area contributed by atoms with Crippen LogP contribution in [0.5, 0.6) is 5.75 Å². The van der Waals surface area contributed by atoms with Crippen LogP contribution in [-0.4, -0.2) is 29.1 Å². The first kappa shape index (κ1) is 8.30. The molecule has 74 valence electrons. The Bertz CT molecular complexity index is 357. The predicted octanol–water partition coefficient (Wildman–Crippen LogP) is 1.57. The van der Waals surface area contributed by atoms with E-state index in [0.29, 0.717) is 11.8 Å². The van der Waals surface area contributed by atoms with Gasteiger partial charge in [0.1, 0.15) is 5.75 Å². The smallest absolute Gasteiger partial charge is 0.119 e. The van der Waals surface area contributed by atoms with Gasteiger partial charge in [-0.3, -0.25) is 4.90 Å². The first-order valence-electron chi connectivity index (χ1n) is 5.38. The van der Waals surface area contributed by atoms with Gasteiger partial charge in [0, 0.05) is 6.04 Å². The van der Waals surface area contributed by atoms with E-state index in [2.05, 4.69) is 11.0 Å². The molecule has 0 amide bonds. The van der Waals surface area contributed by atoms with Crippen LogP contribution in [0.3, 0.4) is 0 Å². The molecule has 0 spiro atoms. The van der Waals surface area contributed by atoms with Gasteiger partial charge in [0.05, 0.1) is 0 Å². The van der Waals surface area contributed by atoms with Crippen molar-refractivity contribution in [3.05, 3.63) is 29.3 Å². The van der Waals surface area contributed by atoms with Crippen molar-refractivity contribution < 1.29 is 5.11 Å². The van der Waals surface area contributed by atoms with Crippen LogP contribution >= 0.6 is 0 Å². The highest BCUT2D eigenvalue weighted by molar-refractivity contribution is 5.43. The van der Waals surface area contributed by atoms with Gasteiger partial charge in [0.2, 0.25) is 0 Å². The topological polar surface area (TPSA) is 23.5 Å². The zero-order valence-electron chi connectivity index (χ0n) is 8.24. The number of rotatable bonds is 1. The third-order valence-corrected chi connectivity index (χ3v) is 3.55. The number of benzene rings is 1. The average Bonchev–Trinajstić information content (AvgIpc) is 2.46. The minimum atomic E-state index is 0.491. The van der Waals surface area contributed by atoms with Gasteiger partial charge in [0.25, 0.3) is 0 Å². The molecule has 1 heterocycles. The van der Waals surface area contributed by atoms with Gasteiger partial charge >= 0.3 is 0 Å². The molecule has 14 heavy (non-hydrogen) atoms. The first-order chi connectivity index (χ1) is 6.84. The van der Waals surface area contributed by atoms with Gasteiger partial charge in [0.15, 0.2) is 0 Å². The highest BCUT2D eigenvalue weighted by Gasteiger charge is 2.30. The Balaban J connectivity index is 1.86. The summed E-state index contributed by atoms with van der Waals surface area (Å²) in [4.78, 5) is 2.53. The van der Waals surface area contributed by atoms with Gasteiger partial charge in [-0.15, -0.1) is 0 Å². The van der Waals surface area contributed by atoms with Crippen LogP contribution in [0.15, 0.2) is 18.2 Å². The van der Waals surface area contributed by atoms with Gasteiger partial charge in [-0.1, -0.05) is 12.1 Å². The second-order valence-electron chi connectivity index (χ2n) is 4.37. The van der Waals surface area contributed by atoms with Gasteiger partial charge in [-0.05, 0) is 49.5 Å². The predicted molar refractivity (Wildman–Crippen MR) is 55.5 cm³/mol. The Labute approximate surface area is 84.2 Å². The Morgan fingerprint density at radius 3 is 2.71 bits per heavy atom. The van der Waals surface area contributed by atoms with Crippen LogP contribution in [0.2, 0.25) is 0 Å². The zero-order valence-corrected chi connectivity index (χ0v) is 8.24. The SMILES string of the molecule is Oc1cccc2c1CC(N1CCC1)C2. The second kappa shape index (κ2) is 2.99. The van der Waals surface area contributed by atoms with Crippen molar-refractivity contribution in [2.45, 2.75) is 25.3 Å². The summed E-state index contributed by atoms with van der Waals surface area (Å²) >= 11 is 0. The molecular formula is C12H15NO. The maximum atomic E-state index is 9.70. The summed E-state index contributed by atoms with van der Waals surface area (Å²) in [6.45, 7) is 2.50. The molecule has 1 aliphatic heterocycles. The van der Waals surface area contributed by atoms with Crippen molar-refractivity contribution in [2.75, 3.05) is 13.1 Å². The van der Waals surface area contributed by atoms with Crippen LogP contribution in [0.25, 0.3) is 0 Å². The molecule has 1 atom stereocenters. The molecule has 1 aliphatic carbocycles. The monoisotopic (exact) mass is 189 g/mol. The van der Waals surface area contributed by atoms with E-state index < -0.39 is 0 Å². The van der Waals surface area contributed by atoms with Crippen molar-refractivity contribution in [3.63, 3.8) is 0 Å². The standard InChI is InChI=1S/C12H15NO/c14-12-4-1-3-9-7-10(8-11(9)12)13-5-2-6-13/h1,3-4,10,14H,2,5-8H2. The molecule has 0 aromatic heterocycles. The molecule has 1 aromatic carbocycles. The average molecular weight is 189 g/mol. The molecule has 2 aliphatic rings. The Morgan fingerprint density at radius 1 is 1.21 bits per heavy atom. The van der Waals surface area contributed by atoms with E-state index >= 15 is 0 Å². The molecule has 1 aromatic rings. The number of nitrogens with zero attached hydrogens (tertiary/aromatic N) is 1. The number of hydrogen-bond donors (Lipinski definition) is 1. The maximum Gasteiger partial charge on any atom is 0.119 e. The number of aromatic hydroxyl groups is 1. The van der Waals surface area contributed by atoms with E-state index in [1.165, 1.54) is 30.6 Å². The molecule has 0 saturated carbocycles. The summed E-state index contributed by atoms with van der Waals surface area (Å²) in [6.07, 6.45) is 3.52. The number of likely N-dealkylation sites (tertiary alicyclic amines) is 1. The lowest BCUT2D eigenvalue weighted by molar-refractivity contribution is 0.123. The van der Waals surface area contributed by atoms with Gasteiger partial charge in [-0.25, -0.2) is 0 Å².